The van der Waals surface area contributed by atoms with Crippen LogP contribution in [0.5, 0.6) is 11.6 Å². The number of halogens is 4. The Bertz CT molecular complexity index is 601. The summed E-state index contributed by atoms with van der Waals surface area (Å²) in [7, 11) is 0. The molecular weight excluding hydrogens is 250 g/mol. The first kappa shape index (κ1) is 12.3. The first-order valence-corrected chi connectivity index (χ1v) is 4.93. The lowest BCUT2D eigenvalue weighted by molar-refractivity contribution is 0.371. The number of ether oxygens (including phenoxy) is 1. The van der Waals surface area contributed by atoms with Gasteiger partial charge in [-0.25, -0.2) is 13.2 Å². The van der Waals surface area contributed by atoms with Crippen molar-refractivity contribution in [3.8, 4) is 11.6 Å². The highest BCUT2D eigenvalue weighted by Gasteiger charge is 2.15. The van der Waals surface area contributed by atoms with Crippen LogP contribution in [0.4, 0.5) is 17.6 Å². The summed E-state index contributed by atoms with van der Waals surface area (Å²) in [6.07, 6.45) is 0. The topological polar surface area (TPSA) is 22.1 Å². The number of nitrogens with zero attached hydrogens (tertiary/aromatic N) is 1. The summed E-state index contributed by atoms with van der Waals surface area (Å²) in [5, 5.41) is 0. The van der Waals surface area contributed by atoms with Gasteiger partial charge in [-0.15, -0.1) is 0 Å². The van der Waals surface area contributed by atoms with Crippen LogP contribution in [0.15, 0.2) is 24.3 Å². The van der Waals surface area contributed by atoms with E-state index in [9.17, 15) is 17.6 Å². The Morgan fingerprint density at radius 2 is 1.78 bits per heavy atom. The number of pyridine rings is 1. The van der Waals surface area contributed by atoms with E-state index in [1.165, 1.54) is 25.1 Å². The van der Waals surface area contributed by atoms with E-state index in [0.717, 1.165) is 0 Å². The van der Waals surface area contributed by atoms with Crippen molar-refractivity contribution in [3.63, 3.8) is 0 Å². The summed E-state index contributed by atoms with van der Waals surface area (Å²) in [4.78, 5) is 2.93. The summed E-state index contributed by atoms with van der Waals surface area (Å²) < 4.78 is 57.0. The molecule has 0 spiro atoms. The fraction of sp³-hybridized carbons (Fsp3) is 0.0833. The van der Waals surface area contributed by atoms with Gasteiger partial charge in [-0.2, -0.15) is 9.37 Å². The minimum absolute atomic E-state index is 0.274. The predicted molar refractivity (Wildman–Crippen MR) is 55.3 cm³/mol. The van der Waals surface area contributed by atoms with Gasteiger partial charge in [-0.1, -0.05) is 12.1 Å². The molecule has 0 bridgehead atoms. The lowest BCUT2D eigenvalue weighted by atomic mass is 10.2. The van der Waals surface area contributed by atoms with Gasteiger partial charge in [0, 0.05) is 6.07 Å². The molecule has 0 saturated carbocycles. The van der Waals surface area contributed by atoms with Gasteiger partial charge in [0.15, 0.2) is 23.2 Å². The second-order valence-corrected chi connectivity index (χ2v) is 3.54. The Labute approximate surface area is 99.8 Å². The van der Waals surface area contributed by atoms with Gasteiger partial charge in [-0.05, 0) is 18.6 Å². The molecule has 0 amide bonds. The summed E-state index contributed by atoms with van der Waals surface area (Å²) in [6, 6.07) is 4.47. The monoisotopic (exact) mass is 257 g/mol. The van der Waals surface area contributed by atoms with E-state index in [4.69, 9.17) is 4.74 Å². The highest BCUT2D eigenvalue weighted by atomic mass is 19.2. The Morgan fingerprint density at radius 3 is 2.50 bits per heavy atom. The van der Waals surface area contributed by atoms with Crippen molar-refractivity contribution in [2.75, 3.05) is 0 Å². The Hall–Kier alpha value is -2.11. The molecular formula is C12H7F4NO. The molecule has 0 fully saturated rings. The van der Waals surface area contributed by atoms with Gasteiger partial charge in [0.2, 0.25) is 0 Å². The SMILES string of the molecule is Cc1cccc(Oc2nc(F)c(F)cc2F)c1F. The number of aryl methyl sites for hydroxylation is 1. The van der Waals surface area contributed by atoms with Crippen molar-refractivity contribution in [2.45, 2.75) is 6.92 Å². The predicted octanol–water partition coefficient (Wildman–Crippen LogP) is 3.74. The third-order valence-corrected chi connectivity index (χ3v) is 2.22. The molecule has 0 saturated heterocycles. The second-order valence-electron chi connectivity index (χ2n) is 3.54. The molecule has 1 aromatic carbocycles. The zero-order valence-corrected chi connectivity index (χ0v) is 9.18. The molecule has 6 heteroatoms. The fourth-order valence-electron chi connectivity index (χ4n) is 1.30. The molecule has 0 unspecified atom stereocenters. The van der Waals surface area contributed by atoms with E-state index in [2.05, 4.69) is 4.98 Å². The van der Waals surface area contributed by atoms with E-state index < -0.39 is 29.3 Å². The molecule has 94 valence electrons. The van der Waals surface area contributed by atoms with Crippen LogP contribution in [0.2, 0.25) is 0 Å². The van der Waals surface area contributed by atoms with Gasteiger partial charge in [-0.3, -0.25) is 0 Å². The average Bonchev–Trinajstić information content (AvgIpc) is 2.32. The van der Waals surface area contributed by atoms with Gasteiger partial charge in [0.25, 0.3) is 11.8 Å². The zero-order chi connectivity index (χ0) is 13.3. The van der Waals surface area contributed by atoms with Gasteiger partial charge in [0.1, 0.15) is 0 Å². The highest BCUT2D eigenvalue weighted by Crippen LogP contribution is 2.27. The molecule has 2 rings (SSSR count). The largest absolute Gasteiger partial charge is 0.433 e. The maximum atomic E-state index is 13.6. The van der Waals surface area contributed by atoms with E-state index in [0.29, 0.717) is 0 Å². The first-order chi connectivity index (χ1) is 8.49. The third kappa shape index (κ3) is 2.27. The molecule has 0 N–H and O–H groups in total. The Kier molecular flexibility index (Phi) is 3.18. The number of hydrogen-bond acceptors (Lipinski definition) is 2. The lowest BCUT2D eigenvalue weighted by Crippen LogP contribution is -1.99. The molecule has 18 heavy (non-hydrogen) atoms. The molecule has 1 aromatic heterocycles. The maximum Gasteiger partial charge on any atom is 0.258 e. The first-order valence-electron chi connectivity index (χ1n) is 4.93. The average molecular weight is 257 g/mol. The van der Waals surface area contributed by atoms with Crippen molar-refractivity contribution in [2.24, 2.45) is 0 Å². The molecule has 2 aromatic rings. The van der Waals surface area contributed by atoms with Gasteiger partial charge in [0.05, 0.1) is 0 Å². The van der Waals surface area contributed by atoms with Crippen LogP contribution < -0.4 is 4.74 Å². The molecule has 0 radical (unpaired) electrons. The van der Waals surface area contributed by atoms with Crippen molar-refractivity contribution < 1.29 is 22.3 Å². The van der Waals surface area contributed by atoms with Gasteiger partial charge >= 0.3 is 0 Å². The smallest absolute Gasteiger partial charge is 0.258 e. The molecule has 0 aliphatic carbocycles. The standard InChI is InChI=1S/C12H7F4NO/c1-6-3-2-4-9(10(6)15)18-12-8(14)5-7(13)11(16)17-12/h2-5H,1H3. The van der Waals surface area contributed by atoms with Crippen LogP contribution >= 0.6 is 0 Å². The van der Waals surface area contributed by atoms with E-state index in [1.54, 1.807) is 0 Å². The zero-order valence-electron chi connectivity index (χ0n) is 9.18. The summed E-state index contributed by atoms with van der Waals surface area (Å²) in [5.74, 6) is -6.02. The number of rotatable bonds is 2. The summed E-state index contributed by atoms with van der Waals surface area (Å²) >= 11 is 0. The molecule has 0 atom stereocenters. The third-order valence-electron chi connectivity index (χ3n) is 2.22. The van der Waals surface area contributed by atoms with Crippen molar-refractivity contribution >= 4 is 0 Å². The normalized spacial score (nSPS) is 10.5. The van der Waals surface area contributed by atoms with Crippen LogP contribution in [0.25, 0.3) is 0 Å². The van der Waals surface area contributed by atoms with Crippen LogP contribution in [0, 0.1) is 30.3 Å². The Balaban J connectivity index is 2.40. The van der Waals surface area contributed by atoms with E-state index in [-0.39, 0.29) is 17.4 Å². The van der Waals surface area contributed by atoms with Gasteiger partial charge < -0.3 is 4.74 Å². The fourth-order valence-corrected chi connectivity index (χ4v) is 1.30. The molecule has 2 nitrogen and oxygen atoms in total. The molecule has 0 aliphatic rings. The number of benzene rings is 1. The molecule has 1 heterocycles. The number of aromatic nitrogens is 1. The lowest BCUT2D eigenvalue weighted by Gasteiger charge is -2.08. The Morgan fingerprint density at radius 1 is 1.06 bits per heavy atom. The quantitative estimate of drug-likeness (QED) is 0.604. The van der Waals surface area contributed by atoms with E-state index in [1.807, 2.05) is 0 Å². The number of hydrogen-bond donors (Lipinski definition) is 0. The van der Waals surface area contributed by atoms with Crippen LogP contribution in [-0.2, 0) is 0 Å². The molecule has 0 aliphatic heterocycles. The minimum atomic E-state index is -1.51. The van der Waals surface area contributed by atoms with E-state index >= 15 is 0 Å². The van der Waals surface area contributed by atoms with Crippen molar-refractivity contribution in [1.82, 2.24) is 4.98 Å². The van der Waals surface area contributed by atoms with Crippen LogP contribution in [0.3, 0.4) is 0 Å². The minimum Gasteiger partial charge on any atom is -0.433 e. The van der Waals surface area contributed by atoms with Crippen LogP contribution in [-0.4, -0.2) is 4.98 Å². The van der Waals surface area contributed by atoms with Crippen LogP contribution in [0.1, 0.15) is 5.56 Å². The maximum absolute atomic E-state index is 13.6. The summed E-state index contributed by atoms with van der Waals surface area (Å²) in [6.45, 7) is 1.48. The van der Waals surface area contributed by atoms with Crippen molar-refractivity contribution in [1.29, 1.82) is 0 Å². The summed E-state index contributed by atoms with van der Waals surface area (Å²) in [5.41, 5.74) is 0.274. The highest BCUT2D eigenvalue weighted by molar-refractivity contribution is 5.33. The van der Waals surface area contributed by atoms with Crippen molar-refractivity contribution in [3.05, 3.63) is 53.2 Å². The second kappa shape index (κ2) is 4.64.